The zero-order chi connectivity index (χ0) is 21.3. The highest BCUT2D eigenvalue weighted by Gasteiger charge is 2.26. The molecule has 0 bridgehead atoms. The molecule has 0 atom stereocenters. The maximum absolute atomic E-state index is 12.7. The molecule has 2 heterocycles. The minimum Gasteiger partial charge on any atom is -0.497 e. The first-order valence-corrected chi connectivity index (χ1v) is 9.45. The number of aromatic nitrogens is 3. The van der Waals surface area contributed by atoms with Gasteiger partial charge in [-0.15, -0.1) is 5.10 Å². The molecular formula is C21H21N5O4. The van der Waals surface area contributed by atoms with Gasteiger partial charge in [0.2, 0.25) is 11.9 Å². The van der Waals surface area contributed by atoms with Gasteiger partial charge in [0.05, 0.1) is 7.11 Å². The highest BCUT2D eigenvalue weighted by Crippen LogP contribution is 2.27. The van der Waals surface area contributed by atoms with Gasteiger partial charge in [0.15, 0.2) is 0 Å². The fourth-order valence-corrected chi connectivity index (χ4v) is 3.37. The van der Waals surface area contributed by atoms with Gasteiger partial charge in [0, 0.05) is 31.5 Å². The minimum absolute atomic E-state index is 0.330. The summed E-state index contributed by atoms with van der Waals surface area (Å²) < 4.78 is 7.46. The number of para-hydroxylation sites is 1. The standard InChI is InChI=1S/C21H21N5O4/c1-23(15-6-4-3-5-7-15)18(27)14-26-20(29)19(28)25-13-12-24(21(25)22-26)16-8-10-17(30-2)11-9-16/h3-11H,12-14H2,1-2H3. The molecule has 4 rings (SSSR count). The topological polar surface area (TPSA) is 89.7 Å². The van der Waals surface area contributed by atoms with Crippen LogP contribution in [-0.4, -0.2) is 41.0 Å². The second-order valence-corrected chi connectivity index (χ2v) is 6.86. The number of anilines is 3. The molecular weight excluding hydrogens is 386 g/mol. The van der Waals surface area contributed by atoms with Crippen LogP contribution in [0.3, 0.4) is 0 Å². The number of hydrogen-bond donors (Lipinski definition) is 0. The molecule has 9 nitrogen and oxygen atoms in total. The van der Waals surface area contributed by atoms with Crippen LogP contribution in [0.1, 0.15) is 0 Å². The molecule has 0 spiro atoms. The fourth-order valence-electron chi connectivity index (χ4n) is 3.37. The summed E-state index contributed by atoms with van der Waals surface area (Å²) in [6.07, 6.45) is 0. The minimum atomic E-state index is -0.815. The van der Waals surface area contributed by atoms with Gasteiger partial charge >= 0.3 is 11.1 Å². The van der Waals surface area contributed by atoms with Gasteiger partial charge in [0.1, 0.15) is 12.3 Å². The lowest BCUT2D eigenvalue weighted by Crippen LogP contribution is -2.45. The number of benzene rings is 2. The molecule has 0 N–H and O–H groups in total. The van der Waals surface area contributed by atoms with E-state index in [2.05, 4.69) is 5.10 Å². The first kappa shape index (κ1) is 19.4. The third-order valence-corrected chi connectivity index (χ3v) is 5.09. The monoisotopic (exact) mass is 407 g/mol. The first-order valence-electron chi connectivity index (χ1n) is 9.45. The number of likely N-dealkylation sites (N-methyl/N-ethyl adjacent to an activating group) is 1. The van der Waals surface area contributed by atoms with Crippen LogP contribution in [0.5, 0.6) is 5.75 Å². The highest BCUT2D eigenvalue weighted by atomic mass is 16.5. The van der Waals surface area contributed by atoms with E-state index < -0.39 is 11.1 Å². The Morgan fingerprint density at radius 2 is 1.73 bits per heavy atom. The van der Waals surface area contributed by atoms with Gasteiger partial charge in [-0.2, -0.15) is 0 Å². The SMILES string of the molecule is COc1ccc(N2CCn3c2nn(CC(=O)N(C)c2ccccc2)c(=O)c3=O)cc1. The zero-order valence-electron chi connectivity index (χ0n) is 16.7. The van der Waals surface area contributed by atoms with Crippen molar-refractivity contribution in [1.29, 1.82) is 0 Å². The Hall–Kier alpha value is -3.88. The summed E-state index contributed by atoms with van der Waals surface area (Å²) in [7, 11) is 3.20. The van der Waals surface area contributed by atoms with E-state index in [9.17, 15) is 14.4 Å². The van der Waals surface area contributed by atoms with E-state index >= 15 is 0 Å². The normalized spacial score (nSPS) is 12.5. The number of amides is 1. The van der Waals surface area contributed by atoms with Gasteiger partial charge < -0.3 is 14.5 Å². The van der Waals surface area contributed by atoms with Crippen molar-refractivity contribution in [2.45, 2.75) is 13.1 Å². The van der Waals surface area contributed by atoms with Crippen molar-refractivity contribution in [3.05, 3.63) is 75.3 Å². The second kappa shape index (κ2) is 7.86. The van der Waals surface area contributed by atoms with Crippen LogP contribution in [0.25, 0.3) is 0 Å². The van der Waals surface area contributed by atoms with Gasteiger partial charge in [-0.05, 0) is 36.4 Å². The van der Waals surface area contributed by atoms with Gasteiger partial charge in [0.25, 0.3) is 0 Å². The van der Waals surface area contributed by atoms with Gasteiger partial charge in [-0.1, -0.05) is 18.2 Å². The molecule has 3 aromatic rings. The fraction of sp³-hybridized carbons (Fsp3) is 0.238. The number of fused-ring (bicyclic) bond motifs is 1. The zero-order valence-corrected chi connectivity index (χ0v) is 16.7. The summed E-state index contributed by atoms with van der Waals surface area (Å²) in [5.41, 5.74) is -0.00325. The lowest BCUT2D eigenvalue weighted by molar-refractivity contribution is -0.119. The third-order valence-electron chi connectivity index (χ3n) is 5.09. The van der Waals surface area contributed by atoms with E-state index in [1.807, 2.05) is 47.4 Å². The van der Waals surface area contributed by atoms with E-state index in [0.29, 0.717) is 30.5 Å². The molecule has 2 aromatic carbocycles. The third kappa shape index (κ3) is 3.45. The van der Waals surface area contributed by atoms with Crippen LogP contribution in [0, 0.1) is 0 Å². The molecule has 1 aliphatic rings. The molecule has 0 unspecified atom stereocenters. The number of nitrogens with zero attached hydrogens (tertiary/aromatic N) is 5. The molecule has 0 radical (unpaired) electrons. The summed E-state index contributed by atoms with van der Waals surface area (Å²) in [4.78, 5) is 41.1. The van der Waals surface area contributed by atoms with Crippen molar-refractivity contribution in [2.75, 3.05) is 30.5 Å². The molecule has 1 aromatic heterocycles. The van der Waals surface area contributed by atoms with Crippen molar-refractivity contribution in [1.82, 2.24) is 14.3 Å². The Kier molecular flexibility index (Phi) is 5.09. The Morgan fingerprint density at radius 3 is 2.40 bits per heavy atom. The molecule has 0 saturated carbocycles. The summed E-state index contributed by atoms with van der Waals surface area (Å²) in [5, 5.41) is 4.34. The van der Waals surface area contributed by atoms with Crippen LogP contribution in [0.15, 0.2) is 64.2 Å². The summed E-state index contributed by atoms with van der Waals surface area (Å²) >= 11 is 0. The molecule has 0 saturated heterocycles. The van der Waals surface area contributed by atoms with Crippen LogP contribution >= 0.6 is 0 Å². The predicted molar refractivity (Wildman–Crippen MR) is 113 cm³/mol. The van der Waals surface area contributed by atoms with E-state index in [1.54, 1.807) is 26.3 Å². The van der Waals surface area contributed by atoms with Crippen molar-refractivity contribution >= 4 is 23.2 Å². The number of hydrogen-bond acceptors (Lipinski definition) is 6. The van der Waals surface area contributed by atoms with Gasteiger partial charge in [-0.3, -0.25) is 19.0 Å². The largest absolute Gasteiger partial charge is 0.497 e. The van der Waals surface area contributed by atoms with Crippen molar-refractivity contribution in [3.8, 4) is 5.75 Å². The van der Waals surface area contributed by atoms with Gasteiger partial charge in [-0.25, -0.2) is 4.68 Å². The van der Waals surface area contributed by atoms with Crippen LogP contribution in [0.4, 0.5) is 17.3 Å². The van der Waals surface area contributed by atoms with Crippen molar-refractivity contribution in [3.63, 3.8) is 0 Å². The number of carbonyl (C=O) groups is 1. The number of carbonyl (C=O) groups excluding carboxylic acids is 1. The van der Waals surface area contributed by atoms with Crippen molar-refractivity contribution in [2.24, 2.45) is 0 Å². The Bertz CT molecular complexity index is 1180. The maximum atomic E-state index is 12.7. The first-order chi connectivity index (χ1) is 14.5. The second-order valence-electron chi connectivity index (χ2n) is 6.86. The Balaban J connectivity index is 1.66. The van der Waals surface area contributed by atoms with Crippen LogP contribution in [0.2, 0.25) is 0 Å². The molecule has 1 aliphatic heterocycles. The van der Waals surface area contributed by atoms with E-state index in [1.165, 1.54) is 9.47 Å². The summed E-state index contributed by atoms with van der Waals surface area (Å²) in [6.45, 7) is 0.515. The molecule has 0 aliphatic carbocycles. The lowest BCUT2D eigenvalue weighted by atomic mass is 10.3. The quantitative estimate of drug-likeness (QED) is 0.591. The smallest absolute Gasteiger partial charge is 0.333 e. The maximum Gasteiger partial charge on any atom is 0.333 e. The van der Waals surface area contributed by atoms with Crippen molar-refractivity contribution < 1.29 is 9.53 Å². The summed E-state index contributed by atoms with van der Waals surface area (Å²) in [6, 6.07) is 16.4. The Morgan fingerprint density at radius 1 is 1.03 bits per heavy atom. The highest BCUT2D eigenvalue weighted by molar-refractivity contribution is 5.92. The van der Waals surface area contributed by atoms with Crippen LogP contribution < -0.4 is 25.7 Å². The average Bonchev–Trinajstić information content (AvgIpc) is 3.21. The molecule has 154 valence electrons. The number of rotatable bonds is 5. The van der Waals surface area contributed by atoms with E-state index in [-0.39, 0.29) is 12.5 Å². The average molecular weight is 407 g/mol. The Labute approximate surface area is 172 Å². The molecule has 1 amide bonds. The summed E-state index contributed by atoms with van der Waals surface area (Å²) in [5.74, 6) is 0.692. The predicted octanol–water partition coefficient (Wildman–Crippen LogP) is 1.23. The number of ether oxygens (including phenoxy) is 1. The lowest BCUT2D eigenvalue weighted by Gasteiger charge is -2.20. The van der Waals surface area contributed by atoms with E-state index in [4.69, 9.17) is 4.74 Å². The van der Waals surface area contributed by atoms with E-state index in [0.717, 1.165) is 10.4 Å². The van der Waals surface area contributed by atoms with Crippen LogP contribution in [-0.2, 0) is 17.9 Å². The molecule has 9 heteroatoms. The molecule has 30 heavy (non-hydrogen) atoms. The number of methoxy groups -OCH3 is 1. The molecule has 0 fully saturated rings.